The van der Waals surface area contributed by atoms with E-state index < -0.39 is 58.2 Å². The van der Waals surface area contributed by atoms with Gasteiger partial charge in [0.05, 0.1) is 18.6 Å². The number of hydrogen-bond acceptors (Lipinski definition) is 6. The van der Waals surface area contributed by atoms with Crippen molar-refractivity contribution in [2.75, 3.05) is 31.9 Å². The maximum atomic E-state index is 14.7. The van der Waals surface area contributed by atoms with Crippen molar-refractivity contribution in [3.05, 3.63) is 12.7 Å². The Morgan fingerprint density at radius 3 is 2.23 bits per heavy atom. The predicted octanol–water partition coefficient (Wildman–Crippen LogP) is 4.56. The Morgan fingerprint density at radius 1 is 0.906 bits per heavy atom. The number of ketones is 1. The first-order valence-electron chi connectivity index (χ1n) is 20.5. The third-order valence-corrected chi connectivity index (χ3v) is 13.5. The van der Waals surface area contributed by atoms with Gasteiger partial charge in [-0.1, -0.05) is 89.8 Å². The molecule has 2 saturated heterocycles. The fraction of sp³-hybridized carbons (Fsp3) is 0.825. The quantitative estimate of drug-likeness (QED) is 0.0738. The van der Waals surface area contributed by atoms with E-state index in [0.717, 1.165) is 77.2 Å². The molecular formula is C40H69N6O6S+. The average molecular weight is 762 g/mol. The van der Waals surface area contributed by atoms with Crippen molar-refractivity contribution >= 4 is 40.5 Å². The molecule has 4 rings (SSSR count). The highest BCUT2D eigenvalue weighted by atomic mass is 32.2. The number of urea groups is 1. The molecule has 300 valence electrons. The molecule has 4 aliphatic rings. The van der Waals surface area contributed by atoms with Crippen molar-refractivity contribution in [1.82, 2.24) is 30.5 Å². The molecule has 12 nitrogen and oxygen atoms in total. The van der Waals surface area contributed by atoms with Gasteiger partial charge in [0, 0.05) is 19.6 Å². The Kier molecular flexibility index (Phi) is 16.4. The fourth-order valence-electron chi connectivity index (χ4n) is 8.37. The first kappa shape index (κ1) is 42.9. The van der Waals surface area contributed by atoms with Gasteiger partial charge < -0.3 is 26.2 Å². The van der Waals surface area contributed by atoms with Crippen molar-refractivity contribution in [2.24, 2.45) is 29.1 Å². The lowest BCUT2D eigenvalue weighted by molar-refractivity contribution is -0.144. The Balaban J connectivity index is 1.53. The summed E-state index contributed by atoms with van der Waals surface area (Å²) in [6.07, 6.45) is 14.4. The maximum absolute atomic E-state index is 14.7. The van der Waals surface area contributed by atoms with Gasteiger partial charge in [0.25, 0.3) is 5.91 Å². The number of likely N-dealkylation sites (tertiary alicyclic amines) is 1. The lowest BCUT2D eigenvalue weighted by Crippen LogP contribution is -2.61. The van der Waals surface area contributed by atoms with Gasteiger partial charge >= 0.3 is 6.03 Å². The largest absolute Gasteiger partial charge is 0.346 e. The minimum absolute atomic E-state index is 0.0745. The summed E-state index contributed by atoms with van der Waals surface area (Å²) in [4.78, 5) is 70.4. The van der Waals surface area contributed by atoms with E-state index in [2.05, 4.69) is 41.7 Å². The number of carbonyl (C=O) groups is 5. The van der Waals surface area contributed by atoms with Crippen LogP contribution in [0.2, 0.25) is 0 Å². The molecule has 3 unspecified atom stereocenters. The number of rotatable bonds is 17. The number of carbonyl (C=O) groups excluding carboxylic acids is 5. The second kappa shape index (κ2) is 20.2. The topological polar surface area (TPSA) is 157 Å². The zero-order valence-corrected chi connectivity index (χ0v) is 34.0. The summed E-state index contributed by atoms with van der Waals surface area (Å²) in [6.45, 7) is 15.4. The highest BCUT2D eigenvalue weighted by Crippen LogP contribution is 2.34. The van der Waals surface area contributed by atoms with Crippen LogP contribution in [0.15, 0.2) is 12.7 Å². The van der Waals surface area contributed by atoms with Crippen molar-refractivity contribution in [3.63, 3.8) is 0 Å². The summed E-state index contributed by atoms with van der Waals surface area (Å²) in [5.74, 6) is -0.492. The molecule has 0 spiro atoms. The third-order valence-electron chi connectivity index (χ3n) is 11.8. The summed E-state index contributed by atoms with van der Waals surface area (Å²) < 4.78 is 14.9. The second-order valence-electron chi connectivity index (χ2n) is 17.7. The first-order chi connectivity index (χ1) is 25.2. The summed E-state index contributed by atoms with van der Waals surface area (Å²) >= 11 is 0. The molecule has 2 aliphatic heterocycles. The molecule has 2 saturated carbocycles. The third kappa shape index (κ3) is 12.6. The monoisotopic (exact) mass is 761 g/mol. The molecule has 6 atom stereocenters. The van der Waals surface area contributed by atoms with Gasteiger partial charge in [-0.05, 0) is 74.0 Å². The van der Waals surface area contributed by atoms with E-state index in [1.807, 2.05) is 25.1 Å². The van der Waals surface area contributed by atoms with E-state index in [4.69, 9.17) is 0 Å². The van der Waals surface area contributed by atoms with E-state index in [1.165, 1.54) is 12.5 Å². The molecule has 0 bridgehead atoms. The van der Waals surface area contributed by atoms with Crippen molar-refractivity contribution < 1.29 is 28.2 Å². The molecule has 4 N–H and O–H groups in total. The van der Waals surface area contributed by atoms with Gasteiger partial charge in [-0.3, -0.25) is 19.2 Å². The molecule has 13 heteroatoms. The lowest BCUT2D eigenvalue weighted by atomic mass is 9.80. The Labute approximate surface area is 320 Å². The van der Waals surface area contributed by atoms with Gasteiger partial charge in [-0.2, -0.15) is 0 Å². The van der Waals surface area contributed by atoms with Gasteiger partial charge in [0.2, 0.25) is 17.6 Å². The number of Topliss-reactive ketones (excluding diaryl/α,β-unsaturated/α-hetero) is 1. The van der Waals surface area contributed by atoms with Crippen LogP contribution >= 0.6 is 0 Å². The second-order valence-corrected chi connectivity index (χ2v) is 19.4. The Bertz CT molecular complexity index is 1310. The number of nitrogens with zero attached hydrogens (tertiary/aromatic N) is 2. The van der Waals surface area contributed by atoms with Crippen molar-refractivity contribution in [1.29, 1.82) is 0 Å². The van der Waals surface area contributed by atoms with Gasteiger partial charge in [-0.25, -0.2) is 4.79 Å². The van der Waals surface area contributed by atoms with Crippen LogP contribution in [0.3, 0.4) is 0 Å². The maximum Gasteiger partial charge on any atom is 0.315 e. The normalized spacial score (nSPS) is 24.8. The molecule has 53 heavy (non-hydrogen) atoms. The Hall–Kier alpha value is -2.80. The highest BCUT2D eigenvalue weighted by Gasteiger charge is 2.46. The van der Waals surface area contributed by atoms with Crippen LogP contribution in [0.25, 0.3) is 0 Å². The van der Waals surface area contributed by atoms with Crippen molar-refractivity contribution in [2.45, 2.75) is 149 Å². The molecule has 5 amide bonds. The summed E-state index contributed by atoms with van der Waals surface area (Å²) in [6, 6.07) is -3.39. The van der Waals surface area contributed by atoms with E-state index in [0.29, 0.717) is 37.6 Å². The molecule has 4 fully saturated rings. The molecular weight excluding hydrogens is 693 g/mol. The number of hydrogen-bond donors (Lipinski definition) is 4. The van der Waals surface area contributed by atoms with Crippen molar-refractivity contribution in [3.8, 4) is 0 Å². The summed E-state index contributed by atoms with van der Waals surface area (Å²) in [7, 11) is -1.46. The number of amides is 5. The average Bonchev–Trinajstić information content (AvgIpc) is 3.54. The van der Waals surface area contributed by atoms with Crippen LogP contribution in [-0.4, -0.2) is 94.8 Å². The standard InChI is InChI=1S/C40H68N6O6S/c1-7-20-41-37(49)34(47)31(23-28-14-13-15-28)42-36(48)33-24-29(19-18-27(2)3)25-46(33)38(50)35(40(4,5)6)44-39(51)43-32(30-16-9-8-10-17-30)26-45-21-11-12-22-53(45)52/h7,27-33,35H,1,8-26H2,2-6H3,(H,41,49)(H,42,48)(H2,43,44,51)/p+1/t29?,31?,32-,33+,35-,53?/m1/s1. The lowest BCUT2D eigenvalue weighted by Gasteiger charge is -2.37. The SMILES string of the molecule is C=CCNC(=O)C(=O)C(CC1CCC1)NC(=O)[C@@H]1CC(CCC(C)C)CN1C(=O)[C@@H](NC(=O)N[C@H](CN1CCCC[SH+]1=O)C1CCCCC1)C(C)(C)C. The van der Waals surface area contributed by atoms with Crippen LogP contribution in [0.5, 0.6) is 0 Å². The molecule has 2 heterocycles. The van der Waals surface area contributed by atoms with Gasteiger partial charge in [0.15, 0.2) is 0 Å². The minimum Gasteiger partial charge on any atom is -0.346 e. The predicted molar refractivity (Wildman–Crippen MR) is 210 cm³/mol. The minimum atomic E-state index is -1.46. The number of thiol groups is 1. The van der Waals surface area contributed by atoms with Crippen LogP contribution in [0.1, 0.15) is 125 Å². The molecule has 0 aromatic carbocycles. The smallest absolute Gasteiger partial charge is 0.315 e. The van der Waals surface area contributed by atoms with E-state index in [9.17, 15) is 28.2 Å². The van der Waals surface area contributed by atoms with E-state index >= 15 is 0 Å². The Morgan fingerprint density at radius 2 is 1.62 bits per heavy atom. The van der Waals surface area contributed by atoms with E-state index in [1.54, 1.807) is 4.90 Å². The zero-order chi connectivity index (χ0) is 38.7. The van der Waals surface area contributed by atoms with Crippen LogP contribution < -0.4 is 21.3 Å². The fourth-order valence-corrected chi connectivity index (χ4v) is 9.87. The summed E-state index contributed by atoms with van der Waals surface area (Å²) in [5, 5.41) is 11.7. The molecule has 0 aromatic rings. The van der Waals surface area contributed by atoms with Crippen LogP contribution in [0, 0.1) is 29.1 Å². The zero-order valence-electron chi connectivity index (χ0n) is 33.1. The highest BCUT2D eigenvalue weighted by molar-refractivity contribution is 7.82. The van der Waals surface area contributed by atoms with Gasteiger partial charge in [0.1, 0.15) is 28.8 Å². The summed E-state index contributed by atoms with van der Waals surface area (Å²) in [5.41, 5.74) is -0.687. The van der Waals surface area contributed by atoms with Crippen LogP contribution in [-0.2, 0) is 34.4 Å². The molecule has 2 aliphatic carbocycles. The molecule has 0 radical (unpaired) electrons. The molecule has 0 aromatic heterocycles. The van der Waals surface area contributed by atoms with E-state index in [-0.39, 0.29) is 36.2 Å². The first-order valence-corrected chi connectivity index (χ1v) is 21.9. The van der Waals surface area contributed by atoms with Crippen LogP contribution in [0.4, 0.5) is 4.79 Å². The number of nitrogens with one attached hydrogen (secondary N) is 4. The van der Waals surface area contributed by atoms with Gasteiger partial charge in [-0.15, -0.1) is 10.9 Å².